The van der Waals surface area contributed by atoms with Crippen LogP contribution in [0.3, 0.4) is 0 Å². The van der Waals surface area contributed by atoms with Gasteiger partial charge in [-0.05, 0) is 24.3 Å². The van der Waals surface area contributed by atoms with Crippen molar-refractivity contribution in [2.45, 2.75) is 5.03 Å². The van der Waals surface area contributed by atoms with Gasteiger partial charge in [-0.1, -0.05) is 29.4 Å². The molecule has 2 aromatic rings. The second-order valence-electron chi connectivity index (χ2n) is 3.80. The van der Waals surface area contributed by atoms with Gasteiger partial charge in [-0.3, -0.25) is 14.9 Å². The molecule has 0 N–H and O–H groups in total. The van der Waals surface area contributed by atoms with Crippen molar-refractivity contribution in [1.29, 1.82) is 0 Å². The summed E-state index contributed by atoms with van der Waals surface area (Å²) in [6, 6.07) is 9.45. The highest BCUT2D eigenvalue weighted by Crippen LogP contribution is 2.26. The summed E-state index contributed by atoms with van der Waals surface area (Å²) in [7, 11) is 0. The molecule has 0 unspecified atom stereocenters. The van der Waals surface area contributed by atoms with E-state index in [0.29, 0.717) is 0 Å². The maximum absolute atomic E-state index is 12.0. The van der Waals surface area contributed by atoms with Crippen LogP contribution in [0.2, 0.25) is 5.02 Å². The van der Waals surface area contributed by atoms with Gasteiger partial charge < -0.3 is 0 Å². The SMILES string of the molecule is O=C(CSc1ccccn1)c1ccc(Cl)c([N+](=O)[O-])c1. The summed E-state index contributed by atoms with van der Waals surface area (Å²) in [4.78, 5) is 26.2. The number of ketones is 1. The van der Waals surface area contributed by atoms with E-state index in [0.717, 1.165) is 5.03 Å². The van der Waals surface area contributed by atoms with Crippen molar-refractivity contribution in [3.63, 3.8) is 0 Å². The molecule has 1 heterocycles. The molecular weight excluding hydrogens is 300 g/mol. The standard InChI is InChI=1S/C13H9ClN2O3S/c14-10-5-4-9(7-11(10)16(18)19)12(17)8-20-13-3-1-2-6-15-13/h1-7H,8H2. The first-order chi connectivity index (χ1) is 9.58. The van der Waals surface area contributed by atoms with Crippen LogP contribution < -0.4 is 0 Å². The Kier molecular flexibility index (Phi) is 4.70. The number of nitro benzene ring substituents is 1. The second kappa shape index (κ2) is 6.49. The van der Waals surface area contributed by atoms with Gasteiger partial charge in [-0.25, -0.2) is 4.98 Å². The molecule has 0 amide bonds. The Morgan fingerprint density at radius 1 is 1.35 bits per heavy atom. The molecule has 0 bridgehead atoms. The summed E-state index contributed by atoms with van der Waals surface area (Å²) in [5.74, 6) is -0.0454. The molecule has 102 valence electrons. The molecule has 0 aliphatic carbocycles. The summed E-state index contributed by atoms with van der Waals surface area (Å²) in [6.07, 6.45) is 1.64. The quantitative estimate of drug-likeness (QED) is 0.365. The van der Waals surface area contributed by atoms with Gasteiger partial charge in [0.15, 0.2) is 5.78 Å². The lowest BCUT2D eigenvalue weighted by molar-refractivity contribution is -0.384. The average molecular weight is 309 g/mol. The maximum Gasteiger partial charge on any atom is 0.288 e. The molecule has 7 heteroatoms. The lowest BCUT2D eigenvalue weighted by Crippen LogP contribution is -2.03. The Labute approximate surface area is 124 Å². The number of aromatic nitrogens is 1. The highest BCUT2D eigenvalue weighted by atomic mass is 35.5. The van der Waals surface area contributed by atoms with Crippen LogP contribution in [-0.2, 0) is 0 Å². The maximum atomic E-state index is 12.0. The van der Waals surface area contributed by atoms with E-state index in [-0.39, 0.29) is 27.8 Å². The third-order valence-corrected chi connectivity index (χ3v) is 3.72. The molecule has 0 aliphatic rings. The van der Waals surface area contributed by atoms with Gasteiger partial charge in [0.2, 0.25) is 0 Å². The van der Waals surface area contributed by atoms with Crippen LogP contribution in [0.1, 0.15) is 10.4 Å². The fourth-order valence-corrected chi connectivity index (χ4v) is 2.42. The minimum atomic E-state index is -0.606. The lowest BCUT2D eigenvalue weighted by Gasteiger charge is -2.02. The molecule has 20 heavy (non-hydrogen) atoms. The normalized spacial score (nSPS) is 10.2. The summed E-state index contributed by atoms with van der Waals surface area (Å²) in [6.45, 7) is 0. The van der Waals surface area contributed by atoms with Crippen LogP contribution in [0.25, 0.3) is 0 Å². The molecule has 0 atom stereocenters. The van der Waals surface area contributed by atoms with Crippen LogP contribution in [0.15, 0.2) is 47.6 Å². The predicted octanol–water partition coefficient (Wildman–Crippen LogP) is 3.62. The third-order valence-electron chi connectivity index (χ3n) is 2.45. The smallest absolute Gasteiger partial charge is 0.288 e. The number of carbonyl (C=O) groups is 1. The Morgan fingerprint density at radius 2 is 2.15 bits per heavy atom. The van der Waals surface area contributed by atoms with E-state index in [4.69, 9.17) is 11.6 Å². The minimum Gasteiger partial charge on any atom is -0.293 e. The highest BCUT2D eigenvalue weighted by molar-refractivity contribution is 7.99. The van der Waals surface area contributed by atoms with Gasteiger partial charge in [-0.15, -0.1) is 0 Å². The zero-order chi connectivity index (χ0) is 14.5. The van der Waals surface area contributed by atoms with Gasteiger partial charge in [-0.2, -0.15) is 0 Å². The Hall–Kier alpha value is -1.92. The number of benzene rings is 1. The Balaban J connectivity index is 2.10. The molecule has 0 saturated heterocycles. The first-order valence-corrected chi connectivity index (χ1v) is 6.95. The van der Waals surface area contributed by atoms with E-state index in [1.807, 2.05) is 6.07 Å². The van der Waals surface area contributed by atoms with Crippen LogP contribution in [0.5, 0.6) is 0 Å². The van der Waals surface area contributed by atoms with E-state index >= 15 is 0 Å². The number of nitro groups is 1. The molecule has 5 nitrogen and oxygen atoms in total. The van der Waals surface area contributed by atoms with Crippen LogP contribution >= 0.6 is 23.4 Å². The fraction of sp³-hybridized carbons (Fsp3) is 0.0769. The summed E-state index contributed by atoms with van der Waals surface area (Å²) >= 11 is 6.98. The van der Waals surface area contributed by atoms with Crippen LogP contribution in [0.4, 0.5) is 5.69 Å². The highest BCUT2D eigenvalue weighted by Gasteiger charge is 2.16. The molecule has 0 radical (unpaired) electrons. The largest absolute Gasteiger partial charge is 0.293 e. The van der Waals surface area contributed by atoms with E-state index in [1.165, 1.54) is 30.0 Å². The first kappa shape index (κ1) is 14.5. The molecule has 0 fully saturated rings. The number of hydrogen-bond acceptors (Lipinski definition) is 5. The van der Waals surface area contributed by atoms with Gasteiger partial charge in [0, 0.05) is 17.8 Å². The van der Waals surface area contributed by atoms with Crippen LogP contribution in [-0.4, -0.2) is 21.4 Å². The van der Waals surface area contributed by atoms with Gasteiger partial charge in [0.05, 0.1) is 15.7 Å². The Bertz CT molecular complexity index is 649. The number of pyridine rings is 1. The zero-order valence-electron chi connectivity index (χ0n) is 10.2. The molecule has 1 aromatic carbocycles. The summed E-state index contributed by atoms with van der Waals surface area (Å²) in [5, 5.41) is 11.5. The third kappa shape index (κ3) is 3.55. The van der Waals surface area contributed by atoms with Crippen molar-refractivity contribution in [3.8, 4) is 0 Å². The number of rotatable bonds is 5. The fourth-order valence-electron chi connectivity index (χ4n) is 1.48. The van der Waals surface area contributed by atoms with E-state index < -0.39 is 4.92 Å². The van der Waals surface area contributed by atoms with E-state index in [1.54, 1.807) is 18.3 Å². The molecular formula is C13H9ClN2O3S. The van der Waals surface area contributed by atoms with Crippen molar-refractivity contribution < 1.29 is 9.72 Å². The first-order valence-electron chi connectivity index (χ1n) is 5.59. The summed E-state index contributed by atoms with van der Waals surface area (Å²) in [5.41, 5.74) is 0.00452. The van der Waals surface area contributed by atoms with Crippen molar-refractivity contribution in [1.82, 2.24) is 4.98 Å². The summed E-state index contributed by atoms with van der Waals surface area (Å²) < 4.78 is 0. The number of hydrogen-bond donors (Lipinski definition) is 0. The number of halogens is 1. The second-order valence-corrected chi connectivity index (χ2v) is 5.21. The topological polar surface area (TPSA) is 73.1 Å². The monoisotopic (exact) mass is 308 g/mol. The van der Waals surface area contributed by atoms with Gasteiger partial charge in [0.25, 0.3) is 5.69 Å². The molecule has 0 aliphatic heterocycles. The number of nitrogens with zero attached hydrogens (tertiary/aromatic N) is 2. The average Bonchev–Trinajstić information content (AvgIpc) is 2.46. The van der Waals surface area contributed by atoms with Crippen LogP contribution in [0, 0.1) is 10.1 Å². The predicted molar refractivity (Wildman–Crippen MR) is 77.4 cm³/mol. The van der Waals surface area contributed by atoms with Crippen molar-refractivity contribution in [2.75, 3.05) is 5.75 Å². The minimum absolute atomic E-state index is 0.0175. The van der Waals surface area contributed by atoms with E-state index in [2.05, 4.69) is 4.98 Å². The number of carbonyl (C=O) groups excluding carboxylic acids is 1. The van der Waals surface area contributed by atoms with Gasteiger partial charge >= 0.3 is 0 Å². The lowest BCUT2D eigenvalue weighted by atomic mass is 10.1. The van der Waals surface area contributed by atoms with Crippen molar-refractivity contribution in [2.24, 2.45) is 0 Å². The Morgan fingerprint density at radius 3 is 2.80 bits per heavy atom. The molecule has 0 spiro atoms. The van der Waals surface area contributed by atoms with E-state index in [9.17, 15) is 14.9 Å². The molecule has 1 aromatic heterocycles. The van der Waals surface area contributed by atoms with Crippen molar-refractivity contribution in [3.05, 3.63) is 63.3 Å². The molecule has 0 saturated carbocycles. The number of thioether (sulfide) groups is 1. The van der Waals surface area contributed by atoms with Gasteiger partial charge in [0.1, 0.15) is 5.02 Å². The van der Waals surface area contributed by atoms with Crippen molar-refractivity contribution >= 4 is 34.8 Å². The number of Topliss-reactive ketones (excluding diaryl/α,β-unsaturated/α-hetero) is 1. The molecule has 2 rings (SSSR count). The zero-order valence-corrected chi connectivity index (χ0v) is 11.7.